The molecule has 3 N–H and O–H groups in total. The van der Waals surface area contributed by atoms with Gasteiger partial charge in [0.1, 0.15) is 12.6 Å². The molecule has 8 heteroatoms. The van der Waals surface area contributed by atoms with Crippen molar-refractivity contribution in [2.75, 3.05) is 13.2 Å². The van der Waals surface area contributed by atoms with Gasteiger partial charge < -0.3 is 25.2 Å². The molecule has 8 nitrogen and oxygen atoms in total. The van der Waals surface area contributed by atoms with Gasteiger partial charge in [-0.2, -0.15) is 0 Å². The van der Waals surface area contributed by atoms with E-state index in [4.69, 9.17) is 4.74 Å². The zero-order valence-electron chi connectivity index (χ0n) is 19.6. The van der Waals surface area contributed by atoms with Crippen LogP contribution >= 0.6 is 0 Å². The number of rotatable bonds is 7. The maximum atomic E-state index is 13.0. The van der Waals surface area contributed by atoms with Crippen molar-refractivity contribution < 1.29 is 29.3 Å². The SMILES string of the molecule is CC(CC(=O)N1C[C@H](O)C[C@@H]1C(=O)O)(NC(=O)OCC1c2ccccc2-c2ccccc21)C1CC1. The standard InChI is InChI=1S/C27H30N2O6/c1-27(16-10-11-16,13-24(31)29-14-17(30)12-23(29)25(32)33)28-26(34)35-15-22-20-8-4-2-6-18(20)19-7-3-5-9-21(19)22/h2-9,16-17,22-23,30H,10-15H2,1H3,(H,28,34)(H,32,33)/t17-,23-,27?/m1/s1. The van der Waals surface area contributed by atoms with Gasteiger partial charge in [0.05, 0.1) is 18.1 Å². The quantitative estimate of drug-likeness (QED) is 0.563. The van der Waals surface area contributed by atoms with E-state index in [0.29, 0.717) is 0 Å². The first-order valence-electron chi connectivity index (χ1n) is 12.1. The van der Waals surface area contributed by atoms with Crippen molar-refractivity contribution in [3.05, 3.63) is 59.7 Å². The second-order valence-electron chi connectivity index (χ2n) is 10.1. The number of nitrogens with one attached hydrogen (secondary N) is 1. The molecule has 1 heterocycles. The number of amides is 2. The Labute approximate surface area is 203 Å². The first-order valence-corrected chi connectivity index (χ1v) is 12.1. The molecule has 0 aromatic heterocycles. The highest BCUT2D eigenvalue weighted by Gasteiger charge is 2.47. The first-order chi connectivity index (χ1) is 16.8. The van der Waals surface area contributed by atoms with Crippen LogP contribution in [-0.4, -0.2) is 63.9 Å². The van der Waals surface area contributed by atoms with Crippen molar-refractivity contribution in [2.45, 2.75) is 56.2 Å². The molecular formula is C27H30N2O6. The molecule has 2 aliphatic carbocycles. The Kier molecular flexibility index (Phi) is 6.01. The molecule has 1 aliphatic heterocycles. The number of benzene rings is 2. The van der Waals surface area contributed by atoms with Crippen LogP contribution in [0.1, 0.15) is 49.7 Å². The number of aliphatic carboxylic acids is 1. The fourth-order valence-electron chi connectivity index (χ4n) is 5.62. The van der Waals surface area contributed by atoms with E-state index in [-0.39, 0.29) is 43.7 Å². The van der Waals surface area contributed by atoms with Crippen LogP contribution in [0.25, 0.3) is 11.1 Å². The number of carbonyl (C=O) groups is 3. The summed E-state index contributed by atoms with van der Waals surface area (Å²) >= 11 is 0. The lowest BCUT2D eigenvalue weighted by Gasteiger charge is -2.33. The van der Waals surface area contributed by atoms with E-state index in [9.17, 15) is 24.6 Å². The Bertz CT molecular complexity index is 1120. The van der Waals surface area contributed by atoms with Gasteiger partial charge in [-0.05, 0) is 47.9 Å². The summed E-state index contributed by atoms with van der Waals surface area (Å²) < 4.78 is 5.69. The number of carboxylic acids is 1. The molecular weight excluding hydrogens is 448 g/mol. The molecule has 0 spiro atoms. The Morgan fingerprint density at radius 2 is 1.66 bits per heavy atom. The third kappa shape index (κ3) is 4.50. The number of hydrogen-bond donors (Lipinski definition) is 3. The number of aliphatic hydroxyl groups is 1. The van der Waals surface area contributed by atoms with Crippen molar-refractivity contribution in [3.63, 3.8) is 0 Å². The molecule has 1 saturated carbocycles. The summed E-state index contributed by atoms with van der Waals surface area (Å²) in [4.78, 5) is 38.7. The van der Waals surface area contributed by atoms with Crippen LogP contribution in [-0.2, 0) is 14.3 Å². The molecule has 3 aliphatic rings. The Morgan fingerprint density at radius 1 is 1.06 bits per heavy atom. The summed E-state index contributed by atoms with van der Waals surface area (Å²) in [5.41, 5.74) is 3.68. The van der Waals surface area contributed by atoms with Crippen molar-refractivity contribution in [2.24, 2.45) is 5.92 Å². The van der Waals surface area contributed by atoms with Gasteiger partial charge in [-0.3, -0.25) is 4.79 Å². The van der Waals surface area contributed by atoms with Crippen LogP contribution in [0.5, 0.6) is 0 Å². The molecule has 1 unspecified atom stereocenters. The fourth-order valence-corrected chi connectivity index (χ4v) is 5.62. The van der Waals surface area contributed by atoms with Crippen LogP contribution in [0.2, 0.25) is 0 Å². The van der Waals surface area contributed by atoms with E-state index >= 15 is 0 Å². The number of hydrogen-bond acceptors (Lipinski definition) is 5. The number of alkyl carbamates (subject to hydrolysis) is 1. The minimum atomic E-state index is -1.13. The molecule has 2 fully saturated rings. The second-order valence-corrected chi connectivity index (χ2v) is 10.1. The second kappa shape index (κ2) is 9.00. The lowest BCUT2D eigenvalue weighted by atomic mass is 9.91. The van der Waals surface area contributed by atoms with E-state index < -0.39 is 29.7 Å². The van der Waals surface area contributed by atoms with Crippen molar-refractivity contribution in [1.82, 2.24) is 10.2 Å². The summed E-state index contributed by atoms with van der Waals surface area (Å²) in [6.07, 6.45) is 0.267. The number of nitrogens with zero attached hydrogens (tertiary/aromatic N) is 1. The van der Waals surface area contributed by atoms with Crippen molar-refractivity contribution in [1.29, 1.82) is 0 Å². The minimum absolute atomic E-state index is 0.0124. The maximum Gasteiger partial charge on any atom is 0.407 e. The normalized spacial score (nSPS) is 22.7. The number of aliphatic hydroxyl groups excluding tert-OH is 1. The van der Waals surface area contributed by atoms with Crippen LogP contribution in [0.3, 0.4) is 0 Å². The monoisotopic (exact) mass is 478 g/mol. The molecule has 35 heavy (non-hydrogen) atoms. The Hall–Kier alpha value is -3.39. The van der Waals surface area contributed by atoms with Gasteiger partial charge in [0.25, 0.3) is 0 Å². The van der Waals surface area contributed by atoms with Gasteiger partial charge in [0.15, 0.2) is 0 Å². The lowest BCUT2D eigenvalue weighted by molar-refractivity contribution is -0.148. The van der Waals surface area contributed by atoms with Crippen molar-refractivity contribution >= 4 is 18.0 Å². The first kappa shape index (κ1) is 23.4. The van der Waals surface area contributed by atoms with Gasteiger partial charge in [0.2, 0.25) is 5.91 Å². The van der Waals surface area contributed by atoms with E-state index in [1.165, 1.54) is 4.90 Å². The van der Waals surface area contributed by atoms with E-state index in [1.54, 1.807) is 0 Å². The average Bonchev–Trinajstić information content (AvgIpc) is 3.55. The molecule has 184 valence electrons. The van der Waals surface area contributed by atoms with E-state index in [2.05, 4.69) is 29.6 Å². The zero-order valence-corrected chi connectivity index (χ0v) is 19.6. The summed E-state index contributed by atoms with van der Waals surface area (Å²) in [6.45, 7) is 1.97. The van der Waals surface area contributed by atoms with Crippen LogP contribution in [0, 0.1) is 5.92 Å². The largest absolute Gasteiger partial charge is 0.480 e. The molecule has 3 atom stereocenters. The van der Waals surface area contributed by atoms with Crippen LogP contribution in [0.15, 0.2) is 48.5 Å². The third-order valence-electron chi connectivity index (χ3n) is 7.61. The van der Waals surface area contributed by atoms with E-state index in [1.807, 2.05) is 31.2 Å². The highest BCUT2D eigenvalue weighted by atomic mass is 16.5. The molecule has 2 aromatic carbocycles. The fraction of sp³-hybridized carbons (Fsp3) is 0.444. The zero-order chi connectivity index (χ0) is 24.7. The van der Waals surface area contributed by atoms with Crippen LogP contribution < -0.4 is 5.32 Å². The Balaban J connectivity index is 1.25. The molecule has 0 bridgehead atoms. The molecule has 1 saturated heterocycles. The van der Waals surface area contributed by atoms with Gasteiger partial charge in [-0.15, -0.1) is 0 Å². The smallest absolute Gasteiger partial charge is 0.407 e. The summed E-state index contributed by atoms with van der Waals surface area (Å²) in [6, 6.07) is 15.2. The van der Waals surface area contributed by atoms with Gasteiger partial charge in [-0.25, -0.2) is 9.59 Å². The molecule has 2 aromatic rings. The highest BCUT2D eigenvalue weighted by molar-refractivity contribution is 5.85. The Morgan fingerprint density at radius 3 is 2.23 bits per heavy atom. The summed E-state index contributed by atoms with van der Waals surface area (Å²) in [7, 11) is 0. The topological polar surface area (TPSA) is 116 Å². The molecule has 2 amide bonds. The predicted octanol–water partition coefficient (Wildman–Crippen LogP) is 3.13. The van der Waals surface area contributed by atoms with E-state index in [0.717, 1.165) is 35.1 Å². The number of carbonyl (C=O) groups excluding carboxylic acids is 2. The summed E-state index contributed by atoms with van der Waals surface area (Å²) in [5, 5.41) is 22.3. The number of fused-ring (bicyclic) bond motifs is 3. The molecule has 5 rings (SSSR count). The van der Waals surface area contributed by atoms with Crippen molar-refractivity contribution in [3.8, 4) is 11.1 Å². The summed E-state index contributed by atoms with van der Waals surface area (Å²) in [5.74, 6) is -1.47. The number of β-amino-alcohol motifs (C(OH)–C–C–N with tert-alkyl or cyclic N) is 1. The molecule has 0 radical (unpaired) electrons. The number of carboxylic acid groups (broad SMARTS) is 1. The van der Waals surface area contributed by atoms with Gasteiger partial charge in [-0.1, -0.05) is 48.5 Å². The predicted molar refractivity (Wildman–Crippen MR) is 128 cm³/mol. The number of likely N-dealkylation sites (tertiary alicyclic amines) is 1. The minimum Gasteiger partial charge on any atom is -0.480 e. The lowest BCUT2D eigenvalue weighted by Crippen LogP contribution is -2.52. The average molecular weight is 479 g/mol. The maximum absolute atomic E-state index is 13.0. The van der Waals surface area contributed by atoms with Gasteiger partial charge >= 0.3 is 12.1 Å². The van der Waals surface area contributed by atoms with Crippen LogP contribution in [0.4, 0.5) is 4.79 Å². The third-order valence-corrected chi connectivity index (χ3v) is 7.61. The highest BCUT2D eigenvalue weighted by Crippen LogP contribution is 2.45. The van der Waals surface area contributed by atoms with Gasteiger partial charge in [0, 0.05) is 18.9 Å². The number of ether oxygens (including phenoxy) is 1.